The molecule has 0 radical (unpaired) electrons. The van der Waals surface area contributed by atoms with Gasteiger partial charge in [0.1, 0.15) is 35.5 Å². The van der Waals surface area contributed by atoms with Crippen LogP contribution >= 0.6 is 11.8 Å². The van der Waals surface area contributed by atoms with Crippen molar-refractivity contribution in [2.24, 2.45) is 4.99 Å². The molecule has 5 atom stereocenters. The zero-order valence-electron chi connectivity index (χ0n) is 11.9. The van der Waals surface area contributed by atoms with Crippen LogP contribution in [0.4, 0.5) is 4.79 Å². The number of thioether (sulfide) groups is 1. The molecule has 1 aromatic carbocycles. The lowest BCUT2D eigenvalue weighted by molar-refractivity contribution is -0.164. The Morgan fingerprint density at radius 2 is 2.04 bits per heavy atom. The summed E-state index contributed by atoms with van der Waals surface area (Å²) in [6.45, 7) is -0.416. The van der Waals surface area contributed by atoms with Gasteiger partial charge in [0.15, 0.2) is 5.17 Å². The Morgan fingerprint density at radius 1 is 1.30 bits per heavy atom. The molecule has 4 N–H and O–H groups in total. The molecule has 5 unspecified atom stereocenters. The van der Waals surface area contributed by atoms with Crippen LogP contribution in [0.2, 0.25) is 0 Å². The molecule has 0 spiro atoms. The minimum Gasteiger partial charge on any atom is -0.410 e. The monoisotopic (exact) mass is 340 g/mol. The van der Waals surface area contributed by atoms with Crippen molar-refractivity contribution in [1.82, 2.24) is 5.32 Å². The second kappa shape index (κ2) is 6.85. The minimum atomic E-state index is -1.23. The molecule has 2 heterocycles. The number of hydrogen-bond acceptors (Lipinski definition) is 8. The average Bonchev–Trinajstić information content (AvgIpc) is 2.94. The lowest BCUT2D eigenvalue weighted by Gasteiger charge is -2.37. The van der Waals surface area contributed by atoms with Crippen molar-refractivity contribution in [2.75, 3.05) is 6.61 Å². The Morgan fingerprint density at radius 3 is 2.74 bits per heavy atom. The Hall–Kier alpha value is -1.65. The first kappa shape index (κ1) is 16.2. The van der Waals surface area contributed by atoms with Crippen LogP contribution in [0.3, 0.4) is 0 Å². The van der Waals surface area contributed by atoms with Gasteiger partial charge in [0.2, 0.25) is 0 Å². The van der Waals surface area contributed by atoms with Crippen LogP contribution in [0.1, 0.15) is 0 Å². The standard InChI is InChI=1S/C14H16N2O6S/c17-6-8-10(18)11(19)9-12(22-8)23-13(15-9)16-14(20)21-7-4-2-1-3-5-7/h1-5,8-12,17-19H,6H2,(H,15,16,20). The van der Waals surface area contributed by atoms with E-state index in [1.165, 1.54) is 0 Å². The van der Waals surface area contributed by atoms with Gasteiger partial charge in [-0.25, -0.2) is 4.79 Å². The summed E-state index contributed by atoms with van der Waals surface area (Å²) < 4.78 is 10.6. The van der Waals surface area contributed by atoms with Gasteiger partial charge >= 0.3 is 6.09 Å². The summed E-state index contributed by atoms with van der Waals surface area (Å²) >= 11 is 1.09. The van der Waals surface area contributed by atoms with Crippen molar-refractivity contribution < 1.29 is 29.6 Å². The molecule has 0 aromatic heterocycles. The molecule has 2 aliphatic heterocycles. The first-order valence-corrected chi connectivity index (χ1v) is 7.87. The van der Waals surface area contributed by atoms with Gasteiger partial charge in [0.25, 0.3) is 0 Å². The van der Waals surface area contributed by atoms with Crippen LogP contribution in [-0.4, -0.2) is 63.0 Å². The lowest BCUT2D eigenvalue weighted by atomic mass is 9.99. The van der Waals surface area contributed by atoms with Crippen LogP contribution < -0.4 is 10.1 Å². The predicted molar refractivity (Wildman–Crippen MR) is 82.2 cm³/mol. The van der Waals surface area contributed by atoms with E-state index in [1.54, 1.807) is 30.3 Å². The fourth-order valence-electron chi connectivity index (χ4n) is 2.35. The molecule has 0 saturated carbocycles. The van der Waals surface area contributed by atoms with Crippen LogP contribution in [-0.2, 0) is 4.74 Å². The third kappa shape index (κ3) is 3.48. The molecule has 9 heteroatoms. The zero-order chi connectivity index (χ0) is 16.4. The Balaban J connectivity index is 1.61. The Bertz CT molecular complexity index is 598. The van der Waals surface area contributed by atoms with Gasteiger partial charge in [-0.2, -0.15) is 0 Å². The zero-order valence-corrected chi connectivity index (χ0v) is 12.7. The first-order chi connectivity index (χ1) is 11.1. The number of fused-ring (bicyclic) bond motifs is 1. The number of carbonyl (C=O) groups excluding carboxylic acids is 1. The summed E-state index contributed by atoms with van der Waals surface area (Å²) in [6, 6.07) is 7.83. The number of rotatable bonds is 2. The third-order valence-corrected chi connectivity index (χ3v) is 4.56. The highest BCUT2D eigenvalue weighted by atomic mass is 32.2. The van der Waals surface area contributed by atoms with Crippen molar-refractivity contribution in [3.8, 4) is 5.75 Å². The average molecular weight is 340 g/mol. The summed E-state index contributed by atoms with van der Waals surface area (Å²) in [6.07, 6.45) is -4.01. The molecule has 124 valence electrons. The third-order valence-electron chi connectivity index (χ3n) is 3.51. The largest absolute Gasteiger partial charge is 0.418 e. The number of amidine groups is 1. The van der Waals surface area contributed by atoms with E-state index >= 15 is 0 Å². The molecule has 1 saturated heterocycles. The number of nitrogens with zero attached hydrogens (tertiary/aromatic N) is 1. The molecule has 0 bridgehead atoms. The number of carbonyl (C=O) groups is 1. The van der Waals surface area contributed by atoms with Gasteiger partial charge in [-0.15, -0.1) is 0 Å². The molecule has 1 amide bonds. The second-order valence-corrected chi connectivity index (χ2v) is 6.16. The van der Waals surface area contributed by atoms with E-state index < -0.39 is 42.5 Å². The van der Waals surface area contributed by atoms with Crippen LogP contribution in [0.5, 0.6) is 5.75 Å². The number of para-hydroxylation sites is 1. The number of aliphatic hydroxyl groups excluding tert-OH is 3. The highest BCUT2D eigenvalue weighted by Crippen LogP contribution is 2.35. The smallest absolute Gasteiger partial charge is 0.410 e. The highest BCUT2D eigenvalue weighted by molar-refractivity contribution is 8.14. The normalized spacial score (nSPS) is 32.8. The van der Waals surface area contributed by atoms with Gasteiger partial charge in [-0.05, 0) is 12.1 Å². The van der Waals surface area contributed by atoms with E-state index in [2.05, 4.69) is 10.3 Å². The van der Waals surface area contributed by atoms with Crippen molar-refractivity contribution in [3.63, 3.8) is 0 Å². The molecule has 2 aliphatic rings. The molecule has 0 aliphatic carbocycles. The van der Waals surface area contributed by atoms with E-state index in [4.69, 9.17) is 14.6 Å². The maximum Gasteiger partial charge on any atom is 0.418 e. The van der Waals surface area contributed by atoms with E-state index in [-0.39, 0.29) is 5.17 Å². The summed E-state index contributed by atoms with van der Waals surface area (Å²) in [4.78, 5) is 16.0. The summed E-state index contributed by atoms with van der Waals surface area (Å²) in [5.41, 5.74) is -0.586. The fourth-order valence-corrected chi connectivity index (χ4v) is 3.45. The molecule has 1 fully saturated rings. The maximum atomic E-state index is 11.8. The molecule has 23 heavy (non-hydrogen) atoms. The Labute approximate surface area is 136 Å². The second-order valence-electron chi connectivity index (χ2n) is 5.08. The topological polar surface area (TPSA) is 121 Å². The lowest BCUT2D eigenvalue weighted by Crippen LogP contribution is -2.55. The van der Waals surface area contributed by atoms with Crippen molar-refractivity contribution >= 4 is 23.0 Å². The van der Waals surface area contributed by atoms with Crippen molar-refractivity contribution in [3.05, 3.63) is 30.3 Å². The molecule has 3 rings (SSSR count). The van der Waals surface area contributed by atoms with Gasteiger partial charge in [0, 0.05) is 0 Å². The number of ether oxygens (including phenoxy) is 2. The van der Waals surface area contributed by atoms with E-state index in [0.717, 1.165) is 11.8 Å². The number of benzene rings is 1. The van der Waals surface area contributed by atoms with Gasteiger partial charge in [0.05, 0.1) is 6.61 Å². The number of hydrogen-bond donors (Lipinski definition) is 4. The number of nitrogens with one attached hydrogen (secondary N) is 1. The van der Waals surface area contributed by atoms with Crippen LogP contribution in [0, 0.1) is 0 Å². The van der Waals surface area contributed by atoms with Gasteiger partial charge in [-0.1, -0.05) is 30.0 Å². The number of aliphatic hydroxyl groups is 3. The fraction of sp³-hybridized carbons (Fsp3) is 0.429. The van der Waals surface area contributed by atoms with Gasteiger partial charge in [-0.3, -0.25) is 10.3 Å². The van der Waals surface area contributed by atoms with Crippen molar-refractivity contribution in [1.29, 1.82) is 0 Å². The van der Waals surface area contributed by atoms with Crippen LogP contribution in [0.15, 0.2) is 35.3 Å². The Kier molecular flexibility index (Phi) is 4.83. The van der Waals surface area contributed by atoms with Gasteiger partial charge < -0.3 is 24.8 Å². The maximum absolute atomic E-state index is 11.8. The number of amides is 1. The molecular formula is C14H16N2O6S. The van der Waals surface area contributed by atoms with Crippen LogP contribution in [0.25, 0.3) is 0 Å². The quantitative estimate of drug-likeness (QED) is 0.582. The number of aliphatic imine (C=N–C) groups is 1. The van der Waals surface area contributed by atoms with E-state index in [1.807, 2.05) is 0 Å². The summed E-state index contributed by atoms with van der Waals surface area (Å²) in [7, 11) is 0. The highest BCUT2D eigenvalue weighted by Gasteiger charge is 2.48. The first-order valence-electron chi connectivity index (χ1n) is 6.99. The van der Waals surface area contributed by atoms with Crippen molar-refractivity contribution in [2.45, 2.75) is 29.8 Å². The molecule has 8 nitrogen and oxygen atoms in total. The van der Waals surface area contributed by atoms with E-state index in [0.29, 0.717) is 5.75 Å². The predicted octanol–water partition coefficient (Wildman–Crippen LogP) is -0.315. The summed E-state index contributed by atoms with van der Waals surface area (Å²) in [5, 5.41) is 31.7. The summed E-state index contributed by atoms with van der Waals surface area (Å²) in [5.74, 6) is 0.387. The molecular weight excluding hydrogens is 324 g/mol. The molecule has 1 aromatic rings. The minimum absolute atomic E-state index is 0.228. The SMILES string of the molecule is O=C(NC1=NC2C(OC(CO)C(O)C2O)S1)Oc1ccccc1. The van der Waals surface area contributed by atoms with E-state index in [9.17, 15) is 15.0 Å².